The lowest BCUT2D eigenvalue weighted by Crippen LogP contribution is -2.37. The molecule has 2 aromatic heterocycles. The first-order chi connectivity index (χ1) is 27.3. The van der Waals surface area contributed by atoms with Gasteiger partial charge in [0.15, 0.2) is 10.8 Å². The number of thiazole rings is 1. The molecule has 1 saturated heterocycles. The molecule has 2 aliphatic rings. The van der Waals surface area contributed by atoms with Gasteiger partial charge in [0.1, 0.15) is 17.2 Å². The number of carboxylic acids is 1. The third-order valence-corrected chi connectivity index (χ3v) is 11.7. The third-order valence-electron chi connectivity index (χ3n) is 10.7. The number of ether oxygens (including phenoxy) is 2. The lowest BCUT2D eigenvalue weighted by molar-refractivity contribution is -0.138. The van der Waals surface area contributed by atoms with Gasteiger partial charge >= 0.3 is 11.9 Å². The van der Waals surface area contributed by atoms with Crippen LogP contribution in [0.2, 0.25) is 0 Å². The van der Waals surface area contributed by atoms with Crippen LogP contribution < -0.4 is 15.0 Å². The molecule has 1 amide bonds. The Bertz CT molecular complexity index is 2240. The summed E-state index contributed by atoms with van der Waals surface area (Å²) in [6, 6.07) is 23.5. The number of aliphatic carboxylic acids is 1. The van der Waals surface area contributed by atoms with Gasteiger partial charge in [-0.15, -0.1) is 0 Å². The average Bonchev–Trinajstić information content (AvgIpc) is 3.58. The first-order valence-electron chi connectivity index (χ1n) is 19.8. The van der Waals surface area contributed by atoms with Gasteiger partial charge in [-0.1, -0.05) is 41.7 Å². The second-order valence-electron chi connectivity index (χ2n) is 16.2. The van der Waals surface area contributed by atoms with E-state index in [4.69, 9.17) is 19.6 Å². The number of nitrogens with one attached hydrogen (secondary N) is 1. The van der Waals surface area contributed by atoms with E-state index in [2.05, 4.69) is 28.2 Å². The molecule has 3 aromatic carbocycles. The van der Waals surface area contributed by atoms with Gasteiger partial charge in [-0.05, 0) is 150 Å². The van der Waals surface area contributed by atoms with Gasteiger partial charge in [-0.3, -0.25) is 19.8 Å². The highest BCUT2D eigenvalue weighted by Gasteiger charge is 2.28. The fourth-order valence-electron chi connectivity index (χ4n) is 7.80. The van der Waals surface area contributed by atoms with E-state index >= 15 is 0 Å². The molecule has 0 bridgehead atoms. The number of likely N-dealkylation sites (tertiary alicyclic amines) is 1. The largest absolute Gasteiger partial charge is 0.491 e. The van der Waals surface area contributed by atoms with Crippen LogP contribution >= 0.6 is 11.3 Å². The maximum atomic E-state index is 13.8. The molecule has 57 heavy (non-hydrogen) atoms. The van der Waals surface area contributed by atoms with Crippen molar-refractivity contribution in [2.24, 2.45) is 5.92 Å². The van der Waals surface area contributed by atoms with Gasteiger partial charge in [-0.2, -0.15) is 0 Å². The number of hydrogen-bond donors (Lipinski definition) is 2. The van der Waals surface area contributed by atoms with Crippen LogP contribution in [0, 0.1) is 12.8 Å². The van der Waals surface area contributed by atoms with E-state index in [0.717, 1.165) is 77.0 Å². The molecule has 5 aromatic rings. The first kappa shape index (κ1) is 39.9. The van der Waals surface area contributed by atoms with E-state index in [1.54, 1.807) is 0 Å². The number of carbonyl (C=O) groups excluding carboxylic acids is 2. The SMILES string of the molecule is Cc1cc(OC(C)CCC2CCN(CC(=O)O)CC2)ccc1-c1ccc(N2CCc3cccc(C(=O)Nc4nc5ccccc5s4)c3C2)nc1C(=O)OC(C)(C)C. The van der Waals surface area contributed by atoms with Crippen molar-refractivity contribution in [2.75, 3.05) is 36.4 Å². The lowest BCUT2D eigenvalue weighted by atomic mass is 9.91. The van der Waals surface area contributed by atoms with E-state index in [1.165, 1.54) is 11.3 Å². The van der Waals surface area contributed by atoms with Crippen molar-refractivity contribution in [1.29, 1.82) is 0 Å². The van der Waals surface area contributed by atoms with Crippen molar-refractivity contribution in [2.45, 2.75) is 85.0 Å². The number of anilines is 2. The van der Waals surface area contributed by atoms with Gasteiger partial charge in [0, 0.05) is 24.2 Å². The van der Waals surface area contributed by atoms with Gasteiger partial charge in [0.25, 0.3) is 5.91 Å². The summed E-state index contributed by atoms with van der Waals surface area (Å²) in [7, 11) is 0. The Labute approximate surface area is 338 Å². The van der Waals surface area contributed by atoms with E-state index in [-0.39, 0.29) is 24.2 Å². The summed E-state index contributed by atoms with van der Waals surface area (Å²) in [5.74, 6) is 0.482. The number of aryl methyl sites for hydroxylation is 1. The van der Waals surface area contributed by atoms with Crippen LogP contribution in [0.1, 0.15) is 90.9 Å². The highest BCUT2D eigenvalue weighted by Crippen LogP contribution is 2.35. The molecule has 0 aliphatic carbocycles. The third kappa shape index (κ3) is 9.80. The molecule has 2 N–H and O–H groups in total. The van der Waals surface area contributed by atoms with Crippen LogP contribution in [0.3, 0.4) is 0 Å². The maximum absolute atomic E-state index is 13.8. The summed E-state index contributed by atoms with van der Waals surface area (Å²) in [5.41, 5.74) is 5.46. The zero-order chi connectivity index (χ0) is 40.3. The van der Waals surface area contributed by atoms with Crippen LogP contribution in [0.15, 0.2) is 72.8 Å². The molecule has 1 unspecified atom stereocenters. The summed E-state index contributed by atoms with van der Waals surface area (Å²) < 4.78 is 13.3. The minimum absolute atomic E-state index is 0.0133. The Morgan fingerprint density at radius 3 is 2.47 bits per heavy atom. The second-order valence-corrected chi connectivity index (χ2v) is 17.2. The topological polar surface area (TPSA) is 134 Å². The fraction of sp³-hybridized carbons (Fsp3) is 0.400. The van der Waals surface area contributed by atoms with E-state index in [1.807, 2.05) is 99.3 Å². The van der Waals surface area contributed by atoms with Crippen molar-refractivity contribution < 1.29 is 29.0 Å². The quantitative estimate of drug-likeness (QED) is 0.118. The maximum Gasteiger partial charge on any atom is 0.358 e. The first-order valence-corrected chi connectivity index (χ1v) is 20.6. The number of esters is 1. The van der Waals surface area contributed by atoms with Gasteiger partial charge in [0.05, 0.1) is 22.9 Å². The number of piperidine rings is 1. The summed E-state index contributed by atoms with van der Waals surface area (Å²) in [6.45, 7) is 12.5. The van der Waals surface area contributed by atoms with Crippen LogP contribution in [0.4, 0.5) is 10.9 Å². The molecule has 1 fully saturated rings. The molecule has 12 heteroatoms. The van der Waals surface area contributed by atoms with Crippen LogP contribution in [0.5, 0.6) is 5.75 Å². The minimum atomic E-state index is -0.768. The number of carboxylic acid groups (broad SMARTS) is 1. The molecule has 2 aliphatic heterocycles. The highest BCUT2D eigenvalue weighted by atomic mass is 32.1. The van der Waals surface area contributed by atoms with Gasteiger partial charge in [-0.25, -0.2) is 14.8 Å². The summed E-state index contributed by atoms with van der Waals surface area (Å²) in [6.07, 6.45) is 4.70. The lowest BCUT2D eigenvalue weighted by Gasteiger charge is -2.31. The molecular weight excluding hydrogens is 739 g/mol. The molecule has 7 rings (SSSR count). The van der Waals surface area contributed by atoms with Crippen LogP contribution in [-0.2, 0) is 22.5 Å². The number of fused-ring (bicyclic) bond motifs is 2. The zero-order valence-corrected chi connectivity index (χ0v) is 34.2. The number of pyridine rings is 1. The van der Waals surface area contributed by atoms with Crippen molar-refractivity contribution in [3.63, 3.8) is 0 Å². The molecule has 0 spiro atoms. The minimum Gasteiger partial charge on any atom is -0.491 e. The van der Waals surface area contributed by atoms with Crippen LogP contribution in [0.25, 0.3) is 21.3 Å². The molecule has 0 saturated carbocycles. The smallest absolute Gasteiger partial charge is 0.358 e. The number of hydrogen-bond acceptors (Lipinski definition) is 10. The Morgan fingerprint density at radius 1 is 0.965 bits per heavy atom. The Kier molecular flexibility index (Phi) is 11.9. The molecule has 0 radical (unpaired) electrons. The predicted octanol–water partition coefficient (Wildman–Crippen LogP) is 8.78. The predicted molar refractivity (Wildman–Crippen MR) is 224 cm³/mol. The summed E-state index contributed by atoms with van der Waals surface area (Å²) in [4.78, 5) is 52.3. The van der Waals surface area contributed by atoms with Crippen LogP contribution in [-0.4, -0.2) is 75.7 Å². The van der Waals surface area contributed by atoms with Crippen molar-refractivity contribution in [3.05, 3.63) is 101 Å². The molecule has 4 heterocycles. The highest BCUT2D eigenvalue weighted by molar-refractivity contribution is 7.22. The van der Waals surface area contributed by atoms with Crippen molar-refractivity contribution >= 4 is 50.3 Å². The van der Waals surface area contributed by atoms with Crippen molar-refractivity contribution in [3.8, 4) is 16.9 Å². The molecular formula is C45H51N5O6S. The van der Waals surface area contributed by atoms with E-state index in [9.17, 15) is 14.4 Å². The number of benzene rings is 3. The Hall–Kier alpha value is -5.33. The average molecular weight is 790 g/mol. The standard InChI is InChI=1S/C45H51N5O6S/c1-28-25-32(55-29(2)13-14-30-19-22-49(23-20-30)27-40(51)52)15-16-33(28)34-17-18-39(47-41(34)43(54)56-45(3,4)5)50-24-21-31-9-8-10-35(36(31)26-50)42(53)48-44-46-37-11-6-7-12-38(37)57-44/h6-12,15-18,25,29-30H,13-14,19-24,26-27H2,1-5H3,(H,51,52)(H,46,48,53). The van der Waals surface area contributed by atoms with Crippen molar-refractivity contribution in [1.82, 2.24) is 14.9 Å². The normalized spacial score (nSPS) is 15.6. The monoisotopic (exact) mass is 789 g/mol. The number of aromatic nitrogens is 2. The Morgan fingerprint density at radius 2 is 1.74 bits per heavy atom. The summed E-state index contributed by atoms with van der Waals surface area (Å²) >= 11 is 1.45. The number of carbonyl (C=O) groups is 3. The molecule has 1 atom stereocenters. The fourth-order valence-corrected chi connectivity index (χ4v) is 8.66. The second kappa shape index (κ2) is 17.0. The number of amides is 1. The van der Waals surface area contributed by atoms with E-state index < -0.39 is 17.5 Å². The number of rotatable bonds is 12. The Balaban J connectivity index is 1.07. The summed E-state index contributed by atoms with van der Waals surface area (Å²) in [5, 5.41) is 12.7. The van der Waals surface area contributed by atoms with Gasteiger partial charge in [0.2, 0.25) is 0 Å². The zero-order valence-electron chi connectivity index (χ0n) is 33.3. The molecule has 11 nitrogen and oxygen atoms in total. The van der Waals surface area contributed by atoms with E-state index in [0.29, 0.717) is 47.5 Å². The van der Waals surface area contributed by atoms with Gasteiger partial charge < -0.3 is 19.5 Å². The number of nitrogens with zero attached hydrogens (tertiary/aromatic N) is 4. The molecule has 298 valence electrons. The number of para-hydroxylation sites is 1.